The van der Waals surface area contributed by atoms with E-state index in [9.17, 15) is 0 Å². The molecule has 0 saturated carbocycles. The molecule has 0 bridgehead atoms. The van der Waals surface area contributed by atoms with Gasteiger partial charge in [-0.2, -0.15) is 0 Å². The second-order valence-corrected chi connectivity index (χ2v) is 5.03. The average molecular weight is 311 g/mol. The van der Waals surface area contributed by atoms with Crippen molar-refractivity contribution < 1.29 is 4.74 Å². The highest BCUT2D eigenvalue weighted by molar-refractivity contribution is 9.10. The minimum Gasteiger partial charge on any atom is -0.485 e. The third-order valence-electron chi connectivity index (χ3n) is 2.62. The van der Waals surface area contributed by atoms with Crippen LogP contribution in [-0.2, 0) is 13.7 Å². The normalized spacial score (nSPS) is 12.4. The average Bonchev–Trinajstić information content (AvgIpc) is 2.73. The van der Waals surface area contributed by atoms with Gasteiger partial charge in [0.1, 0.15) is 18.7 Å². The Morgan fingerprint density at radius 1 is 1.50 bits per heavy atom. The number of aryl methyl sites for hydroxylation is 1. The first-order valence-corrected chi connectivity index (χ1v) is 6.38. The summed E-state index contributed by atoms with van der Waals surface area (Å²) in [6, 6.07) is 5.71. The van der Waals surface area contributed by atoms with E-state index in [2.05, 4.69) is 26.1 Å². The summed E-state index contributed by atoms with van der Waals surface area (Å²) in [4.78, 5) is 0. The van der Waals surface area contributed by atoms with E-state index in [-0.39, 0.29) is 6.04 Å². The molecule has 0 amide bonds. The Labute approximate surface area is 114 Å². The maximum absolute atomic E-state index is 5.93. The van der Waals surface area contributed by atoms with Crippen LogP contribution in [-0.4, -0.2) is 14.8 Å². The number of rotatable bonds is 4. The van der Waals surface area contributed by atoms with Crippen molar-refractivity contribution in [1.82, 2.24) is 14.8 Å². The monoisotopic (exact) mass is 310 g/mol. The molecular formula is C12H15BrN4O. The lowest BCUT2D eigenvalue weighted by molar-refractivity contribution is 0.287. The van der Waals surface area contributed by atoms with Crippen LogP contribution in [0.2, 0.25) is 0 Å². The zero-order valence-electron chi connectivity index (χ0n) is 10.3. The van der Waals surface area contributed by atoms with Crippen LogP contribution in [0.4, 0.5) is 0 Å². The fraction of sp³-hybridized carbons (Fsp3) is 0.333. The third-order valence-corrected chi connectivity index (χ3v) is 3.12. The Bertz CT molecular complexity index is 539. The number of hydrogen-bond donors (Lipinski definition) is 1. The number of ether oxygens (including phenoxy) is 1. The summed E-state index contributed by atoms with van der Waals surface area (Å²) in [5.74, 6) is 1.55. The van der Waals surface area contributed by atoms with Crippen LogP contribution < -0.4 is 10.5 Å². The number of benzene rings is 1. The second-order valence-electron chi connectivity index (χ2n) is 4.12. The molecule has 1 heterocycles. The highest BCUT2D eigenvalue weighted by atomic mass is 79.9. The van der Waals surface area contributed by atoms with Crippen molar-refractivity contribution in [1.29, 1.82) is 0 Å². The first-order chi connectivity index (χ1) is 8.58. The molecule has 2 rings (SSSR count). The lowest BCUT2D eigenvalue weighted by atomic mass is 10.1. The zero-order chi connectivity index (χ0) is 13.1. The summed E-state index contributed by atoms with van der Waals surface area (Å²) >= 11 is 3.43. The van der Waals surface area contributed by atoms with E-state index >= 15 is 0 Å². The molecule has 0 aliphatic carbocycles. The first-order valence-electron chi connectivity index (χ1n) is 5.58. The minimum absolute atomic E-state index is 0.0861. The van der Waals surface area contributed by atoms with Gasteiger partial charge in [0.25, 0.3) is 0 Å². The molecule has 0 unspecified atom stereocenters. The second kappa shape index (κ2) is 5.49. The van der Waals surface area contributed by atoms with Gasteiger partial charge in [0.15, 0.2) is 5.82 Å². The van der Waals surface area contributed by atoms with E-state index in [1.54, 1.807) is 6.33 Å². The van der Waals surface area contributed by atoms with Crippen molar-refractivity contribution in [3.63, 3.8) is 0 Å². The molecule has 0 aliphatic rings. The van der Waals surface area contributed by atoms with E-state index in [0.29, 0.717) is 6.61 Å². The van der Waals surface area contributed by atoms with Gasteiger partial charge >= 0.3 is 0 Å². The van der Waals surface area contributed by atoms with Crippen molar-refractivity contribution in [2.24, 2.45) is 12.8 Å². The number of hydrogen-bond acceptors (Lipinski definition) is 4. The lowest BCUT2D eigenvalue weighted by Crippen LogP contribution is -2.09. The Kier molecular flexibility index (Phi) is 3.98. The van der Waals surface area contributed by atoms with E-state index < -0.39 is 0 Å². The van der Waals surface area contributed by atoms with E-state index in [4.69, 9.17) is 10.5 Å². The van der Waals surface area contributed by atoms with E-state index in [1.807, 2.05) is 36.7 Å². The van der Waals surface area contributed by atoms with Crippen molar-refractivity contribution in [2.75, 3.05) is 0 Å². The molecule has 18 heavy (non-hydrogen) atoms. The van der Waals surface area contributed by atoms with E-state index in [0.717, 1.165) is 21.6 Å². The van der Waals surface area contributed by atoms with Crippen molar-refractivity contribution in [3.05, 3.63) is 40.4 Å². The summed E-state index contributed by atoms with van der Waals surface area (Å²) in [6.07, 6.45) is 1.65. The summed E-state index contributed by atoms with van der Waals surface area (Å²) in [5.41, 5.74) is 6.89. The number of aromatic nitrogens is 3. The van der Waals surface area contributed by atoms with Gasteiger partial charge in [-0.05, 0) is 25.1 Å². The maximum atomic E-state index is 5.93. The van der Waals surface area contributed by atoms with Crippen LogP contribution >= 0.6 is 15.9 Å². The summed E-state index contributed by atoms with van der Waals surface area (Å²) in [7, 11) is 1.88. The molecule has 1 aromatic heterocycles. The zero-order valence-corrected chi connectivity index (χ0v) is 11.9. The standard InChI is InChI=1S/C12H15BrN4O/c1-8(14)10-5-9(13)3-4-11(10)18-6-12-16-15-7-17(12)2/h3-5,7-8H,6,14H2,1-2H3/t8-/m1/s1. The Balaban J connectivity index is 2.16. The van der Waals surface area contributed by atoms with Crippen LogP contribution in [0.3, 0.4) is 0 Å². The van der Waals surface area contributed by atoms with Crippen LogP contribution in [0.25, 0.3) is 0 Å². The molecule has 5 nitrogen and oxygen atoms in total. The fourth-order valence-electron chi connectivity index (χ4n) is 1.59. The number of nitrogens with two attached hydrogens (primary N) is 1. The Morgan fingerprint density at radius 2 is 2.28 bits per heavy atom. The van der Waals surface area contributed by atoms with Crippen molar-refractivity contribution in [2.45, 2.75) is 19.6 Å². The molecule has 0 fully saturated rings. The topological polar surface area (TPSA) is 66.0 Å². The van der Waals surface area contributed by atoms with Crippen molar-refractivity contribution in [3.8, 4) is 5.75 Å². The predicted octanol–water partition coefficient (Wildman–Crippen LogP) is 2.18. The minimum atomic E-state index is -0.0861. The van der Waals surface area contributed by atoms with Gasteiger partial charge in [0, 0.05) is 23.1 Å². The molecule has 1 aromatic carbocycles. The van der Waals surface area contributed by atoms with E-state index in [1.165, 1.54) is 0 Å². The van der Waals surface area contributed by atoms with Gasteiger partial charge in [0.2, 0.25) is 0 Å². The maximum Gasteiger partial charge on any atom is 0.170 e. The van der Waals surface area contributed by atoms with Crippen LogP contribution in [0.5, 0.6) is 5.75 Å². The summed E-state index contributed by atoms with van der Waals surface area (Å²) < 4.78 is 8.57. The van der Waals surface area contributed by atoms with Crippen LogP contribution in [0, 0.1) is 0 Å². The quantitative estimate of drug-likeness (QED) is 0.940. The lowest BCUT2D eigenvalue weighted by Gasteiger charge is -2.14. The van der Waals surface area contributed by atoms with Gasteiger partial charge in [-0.15, -0.1) is 10.2 Å². The highest BCUT2D eigenvalue weighted by Gasteiger charge is 2.10. The smallest absolute Gasteiger partial charge is 0.170 e. The molecular weight excluding hydrogens is 296 g/mol. The molecule has 1 atom stereocenters. The molecule has 6 heteroatoms. The van der Waals surface area contributed by atoms with Crippen molar-refractivity contribution >= 4 is 15.9 Å². The number of halogens is 1. The fourth-order valence-corrected chi connectivity index (χ4v) is 1.97. The van der Waals surface area contributed by atoms with Gasteiger partial charge < -0.3 is 15.0 Å². The third kappa shape index (κ3) is 2.88. The summed E-state index contributed by atoms with van der Waals surface area (Å²) in [5, 5.41) is 7.78. The predicted molar refractivity (Wildman–Crippen MR) is 72.1 cm³/mol. The summed E-state index contributed by atoms with van der Waals surface area (Å²) in [6.45, 7) is 2.30. The first kappa shape index (κ1) is 13.0. The largest absolute Gasteiger partial charge is 0.485 e. The Hall–Kier alpha value is -1.40. The molecule has 2 N–H and O–H groups in total. The van der Waals surface area contributed by atoms with Gasteiger partial charge in [-0.1, -0.05) is 15.9 Å². The SMILES string of the molecule is C[C@@H](N)c1cc(Br)ccc1OCc1nncn1C. The van der Waals surface area contributed by atoms with Crippen LogP contribution in [0.1, 0.15) is 24.4 Å². The van der Waals surface area contributed by atoms with Gasteiger partial charge in [-0.3, -0.25) is 0 Å². The molecule has 96 valence electrons. The van der Waals surface area contributed by atoms with Gasteiger partial charge in [0.05, 0.1) is 0 Å². The Morgan fingerprint density at radius 3 is 2.89 bits per heavy atom. The molecule has 0 aliphatic heterocycles. The molecule has 0 spiro atoms. The molecule has 2 aromatic rings. The van der Waals surface area contributed by atoms with Gasteiger partial charge in [-0.25, -0.2) is 0 Å². The molecule has 0 radical (unpaired) electrons. The van der Waals surface area contributed by atoms with Crippen LogP contribution in [0.15, 0.2) is 29.0 Å². The molecule has 0 saturated heterocycles. The highest BCUT2D eigenvalue weighted by Crippen LogP contribution is 2.27. The number of nitrogens with zero attached hydrogens (tertiary/aromatic N) is 3.